The van der Waals surface area contributed by atoms with Crippen LogP contribution in [0.5, 0.6) is 5.75 Å². The van der Waals surface area contributed by atoms with Crippen molar-refractivity contribution >= 4 is 51.3 Å². The SMILES string of the molecule is COc1c(/C(C)=C/C(=O)Nc2ccccc2Cl)cc2c(-c3ccc(Cl)cc3)coc2c1C. The molecular formula is C26H21Cl2NO3. The van der Waals surface area contributed by atoms with E-state index in [1.165, 1.54) is 6.08 Å². The third-order valence-electron chi connectivity index (χ3n) is 5.31. The van der Waals surface area contributed by atoms with Gasteiger partial charge in [-0.3, -0.25) is 4.79 Å². The Balaban J connectivity index is 1.77. The summed E-state index contributed by atoms with van der Waals surface area (Å²) >= 11 is 12.2. The minimum Gasteiger partial charge on any atom is -0.496 e. The van der Waals surface area contributed by atoms with Gasteiger partial charge in [0, 0.05) is 33.2 Å². The summed E-state index contributed by atoms with van der Waals surface area (Å²) in [6.07, 6.45) is 3.27. The van der Waals surface area contributed by atoms with E-state index in [0.717, 1.165) is 38.8 Å². The van der Waals surface area contributed by atoms with Gasteiger partial charge in [0.1, 0.15) is 11.3 Å². The first kappa shape index (κ1) is 22.0. The largest absolute Gasteiger partial charge is 0.496 e. The van der Waals surface area contributed by atoms with E-state index in [-0.39, 0.29) is 5.91 Å². The number of ether oxygens (including phenoxy) is 1. The van der Waals surface area contributed by atoms with Crippen LogP contribution in [0.15, 0.2) is 71.4 Å². The molecule has 4 rings (SSSR count). The van der Waals surface area contributed by atoms with Gasteiger partial charge in [0.15, 0.2) is 0 Å². The van der Waals surface area contributed by atoms with Gasteiger partial charge in [-0.15, -0.1) is 0 Å². The van der Waals surface area contributed by atoms with Crippen LogP contribution >= 0.6 is 23.2 Å². The Morgan fingerprint density at radius 3 is 2.50 bits per heavy atom. The van der Waals surface area contributed by atoms with Crippen molar-refractivity contribution in [2.45, 2.75) is 13.8 Å². The minimum absolute atomic E-state index is 0.277. The number of anilines is 1. The first-order valence-electron chi connectivity index (χ1n) is 9.98. The number of para-hydroxylation sites is 1. The molecule has 0 spiro atoms. The number of hydrogen-bond acceptors (Lipinski definition) is 3. The van der Waals surface area contributed by atoms with E-state index in [0.29, 0.717) is 21.5 Å². The number of furan rings is 1. The summed E-state index contributed by atoms with van der Waals surface area (Å²) in [5.74, 6) is 0.384. The average Bonchev–Trinajstić information content (AvgIpc) is 3.20. The third-order valence-corrected chi connectivity index (χ3v) is 5.89. The van der Waals surface area contributed by atoms with Crippen molar-refractivity contribution in [1.29, 1.82) is 0 Å². The highest BCUT2D eigenvalue weighted by Crippen LogP contribution is 2.40. The van der Waals surface area contributed by atoms with Crippen LogP contribution < -0.4 is 10.1 Å². The van der Waals surface area contributed by atoms with Crippen molar-refractivity contribution in [1.82, 2.24) is 0 Å². The lowest BCUT2D eigenvalue weighted by molar-refractivity contribution is -0.111. The Hall–Kier alpha value is -3.21. The van der Waals surface area contributed by atoms with Crippen molar-refractivity contribution in [3.05, 3.63) is 88.1 Å². The summed E-state index contributed by atoms with van der Waals surface area (Å²) in [5, 5.41) is 4.90. The van der Waals surface area contributed by atoms with Crippen molar-refractivity contribution in [2.75, 3.05) is 12.4 Å². The number of aryl methyl sites for hydroxylation is 1. The van der Waals surface area contributed by atoms with Gasteiger partial charge in [0.25, 0.3) is 0 Å². The second-order valence-electron chi connectivity index (χ2n) is 7.41. The first-order valence-corrected chi connectivity index (χ1v) is 10.7. The molecule has 4 nitrogen and oxygen atoms in total. The Kier molecular flexibility index (Phi) is 6.26. The minimum atomic E-state index is -0.277. The van der Waals surface area contributed by atoms with Gasteiger partial charge in [0.05, 0.1) is 24.1 Å². The predicted molar refractivity (Wildman–Crippen MR) is 132 cm³/mol. The second-order valence-corrected chi connectivity index (χ2v) is 8.26. The molecule has 0 aliphatic heterocycles. The van der Waals surface area contributed by atoms with Crippen LogP contribution in [0.4, 0.5) is 5.69 Å². The zero-order valence-electron chi connectivity index (χ0n) is 17.8. The zero-order valence-corrected chi connectivity index (χ0v) is 19.3. The Bertz CT molecular complexity index is 1340. The summed E-state index contributed by atoms with van der Waals surface area (Å²) in [7, 11) is 1.61. The smallest absolute Gasteiger partial charge is 0.248 e. The van der Waals surface area contributed by atoms with Gasteiger partial charge in [-0.25, -0.2) is 0 Å². The maximum absolute atomic E-state index is 12.6. The highest BCUT2D eigenvalue weighted by Gasteiger charge is 2.19. The molecule has 3 aromatic carbocycles. The van der Waals surface area contributed by atoms with Crippen LogP contribution in [0.3, 0.4) is 0 Å². The van der Waals surface area contributed by atoms with Crippen LogP contribution in [0.1, 0.15) is 18.1 Å². The highest BCUT2D eigenvalue weighted by atomic mass is 35.5. The first-order chi connectivity index (χ1) is 15.4. The fourth-order valence-corrected chi connectivity index (χ4v) is 4.04. The second kappa shape index (κ2) is 9.11. The molecule has 0 aliphatic carbocycles. The van der Waals surface area contributed by atoms with E-state index in [1.54, 1.807) is 25.5 Å². The summed E-state index contributed by atoms with van der Waals surface area (Å²) in [5.41, 5.74) is 5.65. The fourth-order valence-electron chi connectivity index (χ4n) is 3.73. The standard InChI is InChI=1S/C26H21Cl2NO3/c1-15(12-24(30)29-23-7-5-4-6-22(23)28)19-13-20-21(17-8-10-18(27)11-9-17)14-32-26(20)16(2)25(19)31-3/h4-14H,1-3H3,(H,29,30)/b15-12+. The van der Waals surface area contributed by atoms with Crippen molar-refractivity contribution in [2.24, 2.45) is 0 Å². The fraction of sp³-hybridized carbons (Fsp3) is 0.115. The van der Waals surface area contributed by atoms with Gasteiger partial charge in [0.2, 0.25) is 5.91 Å². The molecule has 32 heavy (non-hydrogen) atoms. The molecule has 0 aliphatic rings. The number of fused-ring (bicyclic) bond motifs is 1. The number of halogens is 2. The molecule has 0 atom stereocenters. The van der Waals surface area contributed by atoms with Crippen molar-refractivity contribution < 1.29 is 13.9 Å². The molecule has 6 heteroatoms. The number of methoxy groups -OCH3 is 1. The molecule has 0 saturated heterocycles. The Morgan fingerprint density at radius 2 is 1.81 bits per heavy atom. The maximum Gasteiger partial charge on any atom is 0.248 e. The van der Waals surface area contributed by atoms with Gasteiger partial charge >= 0.3 is 0 Å². The summed E-state index contributed by atoms with van der Waals surface area (Å²) in [6, 6.07) is 16.7. The number of amides is 1. The topological polar surface area (TPSA) is 51.5 Å². The van der Waals surface area contributed by atoms with Crippen molar-refractivity contribution in [3.8, 4) is 16.9 Å². The van der Waals surface area contributed by atoms with Crippen LogP contribution in [-0.4, -0.2) is 13.0 Å². The number of carbonyl (C=O) groups is 1. The number of benzene rings is 3. The number of allylic oxidation sites excluding steroid dienone is 1. The number of rotatable bonds is 5. The third kappa shape index (κ3) is 4.24. The normalized spacial score (nSPS) is 11.6. The summed E-state index contributed by atoms with van der Waals surface area (Å²) < 4.78 is 11.6. The van der Waals surface area contributed by atoms with Gasteiger partial charge in [-0.05, 0) is 55.3 Å². The van der Waals surface area contributed by atoms with E-state index in [2.05, 4.69) is 5.32 Å². The van der Waals surface area contributed by atoms with E-state index in [4.69, 9.17) is 32.4 Å². The van der Waals surface area contributed by atoms with Gasteiger partial charge < -0.3 is 14.5 Å². The van der Waals surface area contributed by atoms with Gasteiger partial charge in [-0.2, -0.15) is 0 Å². The zero-order chi connectivity index (χ0) is 22.8. The van der Waals surface area contributed by atoms with Crippen LogP contribution in [-0.2, 0) is 4.79 Å². The predicted octanol–water partition coefficient (Wildman–Crippen LogP) is 7.77. The number of carbonyl (C=O) groups excluding carboxylic acids is 1. The van der Waals surface area contributed by atoms with E-state index >= 15 is 0 Å². The van der Waals surface area contributed by atoms with Crippen LogP contribution in [0, 0.1) is 6.92 Å². The molecule has 0 saturated carbocycles. The molecule has 4 aromatic rings. The lowest BCUT2D eigenvalue weighted by atomic mass is 9.96. The lowest BCUT2D eigenvalue weighted by Gasteiger charge is -2.13. The number of hydrogen-bond donors (Lipinski definition) is 1. The molecule has 1 heterocycles. The molecule has 0 radical (unpaired) electrons. The van der Waals surface area contributed by atoms with E-state index < -0.39 is 0 Å². The molecule has 0 unspecified atom stereocenters. The molecule has 0 fully saturated rings. The van der Waals surface area contributed by atoms with Gasteiger partial charge in [-0.1, -0.05) is 47.5 Å². The van der Waals surface area contributed by atoms with Crippen LogP contribution in [0.2, 0.25) is 10.0 Å². The Morgan fingerprint density at radius 1 is 1.09 bits per heavy atom. The maximum atomic E-state index is 12.6. The van der Waals surface area contributed by atoms with E-state index in [9.17, 15) is 4.79 Å². The molecule has 1 aromatic heterocycles. The summed E-state index contributed by atoms with van der Waals surface area (Å²) in [4.78, 5) is 12.6. The van der Waals surface area contributed by atoms with Crippen molar-refractivity contribution in [3.63, 3.8) is 0 Å². The number of nitrogens with one attached hydrogen (secondary N) is 1. The molecular weight excluding hydrogens is 445 g/mol. The quantitative estimate of drug-likeness (QED) is 0.306. The molecule has 0 bridgehead atoms. The van der Waals surface area contributed by atoms with Crippen LogP contribution in [0.25, 0.3) is 27.7 Å². The molecule has 1 N–H and O–H groups in total. The van der Waals surface area contributed by atoms with E-state index in [1.807, 2.05) is 56.3 Å². The Labute approximate surface area is 196 Å². The lowest BCUT2D eigenvalue weighted by Crippen LogP contribution is -2.09. The molecule has 1 amide bonds. The molecule has 162 valence electrons. The highest BCUT2D eigenvalue weighted by molar-refractivity contribution is 6.33. The summed E-state index contributed by atoms with van der Waals surface area (Å²) in [6.45, 7) is 3.81. The average molecular weight is 466 g/mol. The monoisotopic (exact) mass is 465 g/mol.